The molecule has 0 fully saturated rings. The fourth-order valence-electron chi connectivity index (χ4n) is 0.176. The van der Waals surface area contributed by atoms with Gasteiger partial charge < -0.3 is 16.1 Å². The SMILES string of the molecule is CO/N=C(/C)C(=O)O.[NH4+]. The van der Waals surface area contributed by atoms with Gasteiger partial charge in [0, 0.05) is 0 Å². The Morgan fingerprint density at radius 2 is 2.11 bits per heavy atom. The van der Waals surface area contributed by atoms with Crippen LogP contribution in [-0.2, 0) is 9.63 Å². The van der Waals surface area contributed by atoms with Crippen molar-refractivity contribution in [3.63, 3.8) is 0 Å². The lowest BCUT2D eigenvalue weighted by atomic mass is 10.4. The number of carboxylic acid groups (broad SMARTS) is 1. The Balaban J connectivity index is 0. The van der Waals surface area contributed by atoms with Gasteiger partial charge >= 0.3 is 5.97 Å². The highest BCUT2D eigenvalue weighted by Crippen LogP contribution is 1.75. The van der Waals surface area contributed by atoms with Crippen LogP contribution < -0.4 is 6.15 Å². The van der Waals surface area contributed by atoms with Crippen molar-refractivity contribution in [3.8, 4) is 0 Å². The maximum atomic E-state index is 9.88. The van der Waals surface area contributed by atoms with Crippen LogP contribution >= 0.6 is 0 Å². The van der Waals surface area contributed by atoms with Crippen molar-refractivity contribution >= 4 is 11.7 Å². The highest BCUT2D eigenvalue weighted by atomic mass is 16.6. The second-order valence-corrected chi connectivity index (χ2v) is 1.16. The summed E-state index contributed by atoms with van der Waals surface area (Å²) in [7, 11) is 1.30. The molecule has 0 radical (unpaired) electrons. The third-order valence-electron chi connectivity index (χ3n) is 0.538. The molecule has 0 bridgehead atoms. The van der Waals surface area contributed by atoms with Crippen molar-refractivity contribution in [2.24, 2.45) is 5.16 Å². The Labute approximate surface area is 52.9 Å². The van der Waals surface area contributed by atoms with Crippen LogP contribution in [0, 0.1) is 0 Å². The highest BCUT2D eigenvalue weighted by molar-refractivity contribution is 6.34. The van der Waals surface area contributed by atoms with Crippen LogP contribution in [0.25, 0.3) is 0 Å². The van der Waals surface area contributed by atoms with Crippen LogP contribution in [0.5, 0.6) is 0 Å². The topological polar surface area (TPSA) is 95.4 Å². The molecule has 0 aliphatic carbocycles. The predicted octanol–water partition coefficient (Wildman–Crippen LogP) is 0.469. The first-order valence-electron chi connectivity index (χ1n) is 1.99. The number of carbonyl (C=O) groups is 1. The van der Waals surface area contributed by atoms with Gasteiger partial charge in [-0.2, -0.15) is 0 Å². The first kappa shape index (κ1) is 10.8. The zero-order valence-electron chi connectivity index (χ0n) is 5.71. The summed E-state index contributed by atoms with van der Waals surface area (Å²) in [4.78, 5) is 14.1. The van der Waals surface area contributed by atoms with Gasteiger partial charge in [0.15, 0.2) is 5.71 Å². The molecule has 0 saturated carbocycles. The van der Waals surface area contributed by atoms with Gasteiger partial charge in [0.05, 0.1) is 0 Å². The monoisotopic (exact) mass is 135 g/mol. The number of carboxylic acids is 1. The number of nitrogens with zero attached hydrogens (tertiary/aromatic N) is 1. The van der Waals surface area contributed by atoms with Crippen molar-refractivity contribution in [1.29, 1.82) is 0 Å². The number of aliphatic carboxylic acids is 1. The van der Waals surface area contributed by atoms with Crippen LogP contribution in [0.3, 0.4) is 0 Å². The van der Waals surface area contributed by atoms with E-state index in [1.54, 1.807) is 0 Å². The van der Waals surface area contributed by atoms with E-state index in [0.717, 1.165) is 0 Å². The Hall–Kier alpha value is -1.10. The molecule has 0 aromatic rings. The Morgan fingerprint density at radius 1 is 1.67 bits per heavy atom. The number of hydrogen-bond acceptors (Lipinski definition) is 3. The normalized spacial score (nSPS) is 9.78. The third-order valence-corrected chi connectivity index (χ3v) is 0.538. The summed E-state index contributed by atoms with van der Waals surface area (Å²) in [5, 5.41) is 11.2. The zero-order valence-corrected chi connectivity index (χ0v) is 5.71. The molecule has 0 saturated heterocycles. The average Bonchev–Trinajstić information content (AvgIpc) is 1.67. The first-order chi connectivity index (χ1) is 3.68. The van der Waals surface area contributed by atoms with E-state index in [1.807, 2.05) is 0 Å². The Bertz CT molecular complexity index is 121. The number of oxime groups is 1. The van der Waals surface area contributed by atoms with Crippen molar-refractivity contribution in [3.05, 3.63) is 0 Å². The van der Waals surface area contributed by atoms with Crippen LogP contribution in [0.2, 0.25) is 0 Å². The van der Waals surface area contributed by atoms with Gasteiger partial charge in [-0.25, -0.2) is 4.79 Å². The summed E-state index contributed by atoms with van der Waals surface area (Å²) in [6.45, 7) is 1.35. The first-order valence-corrected chi connectivity index (χ1v) is 1.99. The van der Waals surface area contributed by atoms with Crippen molar-refractivity contribution < 1.29 is 14.7 Å². The molecule has 0 spiro atoms. The molecule has 0 aromatic carbocycles. The standard InChI is InChI=1S/C4H7NO3.H3N/c1-3(4(6)7)5-8-2;/h1-2H3,(H,6,7);1H3/p+1/b5-3-;. The van der Waals surface area contributed by atoms with E-state index in [2.05, 4.69) is 9.99 Å². The number of hydrogen-bond donors (Lipinski definition) is 2. The second kappa shape index (κ2) is 5.04. The summed E-state index contributed by atoms with van der Waals surface area (Å²) < 4.78 is 0. The molecular formula is C4H11N2O3+. The molecule has 0 heterocycles. The summed E-state index contributed by atoms with van der Waals surface area (Å²) in [5.74, 6) is -1.06. The fourth-order valence-corrected chi connectivity index (χ4v) is 0.176. The smallest absolute Gasteiger partial charge is 0.353 e. The maximum absolute atomic E-state index is 9.88. The molecule has 5 nitrogen and oxygen atoms in total. The number of rotatable bonds is 2. The summed E-state index contributed by atoms with van der Waals surface area (Å²) in [6.07, 6.45) is 0. The van der Waals surface area contributed by atoms with Gasteiger partial charge in [0.1, 0.15) is 7.11 Å². The predicted molar refractivity (Wildman–Crippen MR) is 33.7 cm³/mol. The molecule has 0 aliphatic heterocycles. The fraction of sp³-hybridized carbons (Fsp3) is 0.500. The summed E-state index contributed by atoms with van der Waals surface area (Å²) >= 11 is 0. The van der Waals surface area contributed by atoms with Gasteiger partial charge in [-0.15, -0.1) is 0 Å². The molecular weight excluding hydrogens is 124 g/mol. The number of quaternary nitrogens is 1. The lowest BCUT2D eigenvalue weighted by Gasteiger charge is -1.87. The van der Waals surface area contributed by atoms with E-state index in [4.69, 9.17) is 5.11 Å². The van der Waals surface area contributed by atoms with E-state index >= 15 is 0 Å². The average molecular weight is 135 g/mol. The molecule has 0 unspecified atom stereocenters. The van der Waals surface area contributed by atoms with Gasteiger partial charge in [-0.05, 0) is 6.92 Å². The van der Waals surface area contributed by atoms with Crippen LogP contribution in [0.4, 0.5) is 0 Å². The summed E-state index contributed by atoms with van der Waals surface area (Å²) in [6, 6.07) is 0. The van der Waals surface area contributed by atoms with Gasteiger partial charge in [0.2, 0.25) is 0 Å². The minimum Gasteiger partial charge on any atom is -0.477 e. The van der Waals surface area contributed by atoms with Gasteiger partial charge in [-0.3, -0.25) is 0 Å². The molecule has 9 heavy (non-hydrogen) atoms. The molecule has 0 aromatic heterocycles. The lowest BCUT2D eigenvalue weighted by molar-refractivity contribution is -0.129. The van der Waals surface area contributed by atoms with E-state index in [-0.39, 0.29) is 11.9 Å². The molecule has 5 heteroatoms. The van der Waals surface area contributed by atoms with Gasteiger partial charge in [-0.1, -0.05) is 5.16 Å². The van der Waals surface area contributed by atoms with Crippen LogP contribution in [0.15, 0.2) is 5.16 Å². The van der Waals surface area contributed by atoms with Crippen molar-refractivity contribution in [1.82, 2.24) is 6.15 Å². The largest absolute Gasteiger partial charge is 0.477 e. The lowest BCUT2D eigenvalue weighted by Crippen LogP contribution is -2.07. The van der Waals surface area contributed by atoms with Crippen molar-refractivity contribution in [2.45, 2.75) is 6.92 Å². The Kier molecular flexibility index (Phi) is 6.06. The van der Waals surface area contributed by atoms with E-state index < -0.39 is 5.97 Å². The highest BCUT2D eigenvalue weighted by Gasteiger charge is 1.99. The molecule has 0 rings (SSSR count). The second-order valence-electron chi connectivity index (χ2n) is 1.16. The molecule has 0 amide bonds. The molecule has 54 valence electrons. The van der Waals surface area contributed by atoms with Gasteiger partial charge in [0.25, 0.3) is 0 Å². The minimum atomic E-state index is -1.06. The van der Waals surface area contributed by atoms with Crippen LogP contribution in [-0.4, -0.2) is 23.9 Å². The third kappa shape index (κ3) is 4.76. The maximum Gasteiger partial charge on any atom is 0.353 e. The van der Waals surface area contributed by atoms with E-state index in [0.29, 0.717) is 0 Å². The molecule has 0 atom stereocenters. The molecule has 5 N–H and O–H groups in total. The van der Waals surface area contributed by atoms with Crippen molar-refractivity contribution in [2.75, 3.05) is 7.11 Å². The quantitative estimate of drug-likeness (QED) is 0.425. The van der Waals surface area contributed by atoms with Crippen LogP contribution in [0.1, 0.15) is 6.92 Å². The summed E-state index contributed by atoms with van der Waals surface area (Å²) in [5.41, 5.74) is -0.0486. The molecule has 0 aliphatic rings. The van der Waals surface area contributed by atoms with E-state index in [9.17, 15) is 4.79 Å². The minimum absolute atomic E-state index is 0. The zero-order chi connectivity index (χ0) is 6.57. The Morgan fingerprint density at radius 3 is 2.22 bits per heavy atom. The van der Waals surface area contributed by atoms with E-state index in [1.165, 1.54) is 14.0 Å².